The zero-order valence-electron chi connectivity index (χ0n) is 9.96. The van der Waals surface area contributed by atoms with Crippen LogP contribution in [0.25, 0.3) is 0 Å². The Bertz CT molecular complexity index is 602. The lowest BCUT2D eigenvalue weighted by molar-refractivity contribution is 0.415. The molecule has 5 heteroatoms. The molecule has 1 nitrogen and oxygen atoms in total. The van der Waals surface area contributed by atoms with Crippen LogP contribution in [0.2, 0.25) is 10.0 Å². The Hall–Kier alpha value is -0.220. The minimum Gasteiger partial charge on any atom is -0.495 e. The zero-order valence-corrected chi connectivity index (χ0v) is 14.6. The molecule has 0 N–H and O–H groups in total. The van der Waals surface area contributed by atoms with Gasteiger partial charge in [-0.1, -0.05) is 73.3 Å². The molecule has 2 rings (SSSR count). The highest BCUT2D eigenvalue weighted by Gasteiger charge is 2.18. The molecular weight excluding hydrogens is 415 g/mol. The number of hydrogen-bond acceptors (Lipinski definition) is 1. The van der Waals surface area contributed by atoms with Crippen LogP contribution in [-0.4, -0.2) is 7.11 Å². The van der Waals surface area contributed by atoms with E-state index < -0.39 is 0 Å². The first-order valence-electron chi connectivity index (χ1n) is 5.46. The molecule has 2 aromatic carbocycles. The van der Waals surface area contributed by atoms with Crippen LogP contribution in [0.5, 0.6) is 5.75 Å². The molecule has 1 atom stereocenters. The fourth-order valence-corrected chi connectivity index (χ4v) is 3.99. The predicted octanol–water partition coefficient (Wildman–Crippen LogP) is 6.25. The molecule has 1 unspecified atom stereocenters. The van der Waals surface area contributed by atoms with E-state index in [1.807, 2.05) is 30.3 Å². The smallest absolute Gasteiger partial charge is 0.138 e. The summed E-state index contributed by atoms with van der Waals surface area (Å²) in [6, 6.07) is 11.5. The largest absolute Gasteiger partial charge is 0.495 e. The Morgan fingerprint density at radius 2 is 1.74 bits per heavy atom. The summed E-state index contributed by atoms with van der Waals surface area (Å²) in [6.07, 6.45) is 0. The van der Waals surface area contributed by atoms with E-state index in [9.17, 15) is 0 Å². The van der Waals surface area contributed by atoms with Crippen molar-refractivity contribution in [2.24, 2.45) is 0 Å². The first-order valence-corrected chi connectivity index (χ1v) is 7.92. The predicted molar refractivity (Wildman–Crippen MR) is 87.9 cm³/mol. The van der Waals surface area contributed by atoms with Crippen molar-refractivity contribution >= 4 is 55.1 Å². The van der Waals surface area contributed by atoms with Crippen LogP contribution in [0.1, 0.15) is 16.0 Å². The Balaban J connectivity index is 2.48. The summed E-state index contributed by atoms with van der Waals surface area (Å²) in [7, 11) is 1.57. The van der Waals surface area contributed by atoms with Gasteiger partial charge in [-0.15, -0.1) is 0 Å². The lowest BCUT2D eigenvalue weighted by Crippen LogP contribution is -1.96. The van der Waals surface area contributed by atoms with E-state index in [1.54, 1.807) is 13.2 Å². The van der Waals surface area contributed by atoms with Gasteiger partial charge in [-0.05, 0) is 23.3 Å². The van der Waals surface area contributed by atoms with Gasteiger partial charge in [0.05, 0.1) is 17.0 Å². The molecule has 0 amide bonds. The topological polar surface area (TPSA) is 9.23 Å². The van der Waals surface area contributed by atoms with Gasteiger partial charge in [0.15, 0.2) is 0 Å². The second-order valence-corrected chi connectivity index (χ2v) is 6.48. The molecule has 0 spiro atoms. The standard InChI is InChI=1S/C14H10Br2Cl2O/c1-19-13-7-11(17)9(6-12(13)18)14(16)8-4-2-3-5-10(8)15/h2-7,14H,1H3. The van der Waals surface area contributed by atoms with Crippen molar-refractivity contribution in [1.82, 2.24) is 0 Å². The molecule has 0 saturated carbocycles. The van der Waals surface area contributed by atoms with Crippen LogP contribution in [-0.2, 0) is 0 Å². The van der Waals surface area contributed by atoms with E-state index in [4.69, 9.17) is 27.9 Å². The molecule has 100 valence electrons. The SMILES string of the molecule is COc1cc(Cl)c(C(Br)c2ccccc2Br)cc1Cl. The summed E-state index contributed by atoms with van der Waals surface area (Å²) in [5.41, 5.74) is 1.99. The molecule has 0 fully saturated rings. The van der Waals surface area contributed by atoms with E-state index in [2.05, 4.69) is 31.9 Å². The highest BCUT2D eigenvalue weighted by atomic mass is 79.9. The molecule has 2 aromatic rings. The first kappa shape index (κ1) is 15.2. The van der Waals surface area contributed by atoms with Crippen molar-refractivity contribution in [3.63, 3.8) is 0 Å². The van der Waals surface area contributed by atoms with E-state index in [1.165, 1.54) is 0 Å². The quantitative estimate of drug-likeness (QED) is 0.529. The lowest BCUT2D eigenvalue weighted by Gasteiger charge is -2.16. The first-order chi connectivity index (χ1) is 9.04. The van der Waals surface area contributed by atoms with Gasteiger partial charge in [0.1, 0.15) is 5.75 Å². The van der Waals surface area contributed by atoms with Gasteiger partial charge >= 0.3 is 0 Å². The minimum absolute atomic E-state index is 0.0426. The summed E-state index contributed by atoms with van der Waals surface area (Å²) < 4.78 is 6.16. The van der Waals surface area contributed by atoms with Gasteiger partial charge in [0.2, 0.25) is 0 Å². The summed E-state index contributed by atoms with van der Waals surface area (Å²) in [5, 5.41) is 1.15. The van der Waals surface area contributed by atoms with Gasteiger partial charge in [0.25, 0.3) is 0 Å². The molecule has 0 heterocycles. The van der Waals surface area contributed by atoms with Crippen LogP contribution in [0.15, 0.2) is 40.9 Å². The number of methoxy groups -OCH3 is 1. The Morgan fingerprint density at radius 3 is 2.37 bits per heavy atom. The van der Waals surface area contributed by atoms with Gasteiger partial charge in [0, 0.05) is 15.6 Å². The van der Waals surface area contributed by atoms with Crippen LogP contribution in [0.4, 0.5) is 0 Å². The van der Waals surface area contributed by atoms with E-state index >= 15 is 0 Å². The molecule has 0 aliphatic carbocycles. The molecule has 0 saturated heterocycles. The van der Waals surface area contributed by atoms with Crippen LogP contribution in [0, 0.1) is 0 Å². The maximum Gasteiger partial charge on any atom is 0.138 e. The lowest BCUT2D eigenvalue weighted by atomic mass is 10.0. The highest BCUT2D eigenvalue weighted by molar-refractivity contribution is 9.11. The Morgan fingerprint density at radius 1 is 1.05 bits per heavy atom. The van der Waals surface area contributed by atoms with Gasteiger partial charge < -0.3 is 4.74 Å². The molecule has 19 heavy (non-hydrogen) atoms. The average Bonchev–Trinajstić information content (AvgIpc) is 2.40. The van der Waals surface area contributed by atoms with Crippen molar-refractivity contribution in [3.05, 3.63) is 62.0 Å². The second kappa shape index (κ2) is 6.49. The molecule has 0 aromatic heterocycles. The summed E-state index contributed by atoms with van der Waals surface area (Å²) >= 11 is 19.6. The Labute approximate surface area is 139 Å². The number of ether oxygens (including phenoxy) is 1. The number of hydrogen-bond donors (Lipinski definition) is 0. The van der Waals surface area contributed by atoms with Crippen molar-refractivity contribution in [2.75, 3.05) is 7.11 Å². The monoisotopic (exact) mass is 422 g/mol. The van der Waals surface area contributed by atoms with Crippen molar-refractivity contribution in [3.8, 4) is 5.75 Å². The maximum absolute atomic E-state index is 6.29. The zero-order chi connectivity index (χ0) is 14.0. The molecule has 0 bridgehead atoms. The van der Waals surface area contributed by atoms with Crippen LogP contribution >= 0.6 is 55.1 Å². The molecular formula is C14H10Br2Cl2O. The van der Waals surface area contributed by atoms with Gasteiger partial charge in [-0.2, -0.15) is 0 Å². The molecule has 0 aliphatic rings. The van der Waals surface area contributed by atoms with Crippen molar-refractivity contribution in [1.29, 1.82) is 0 Å². The van der Waals surface area contributed by atoms with E-state index in [0.717, 1.165) is 15.6 Å². The van der Waals surface area contributed by atoms with Crippen molar-refractivity contribution in [2.45, 2.75) is 4.83 Å². The fraction of sp³-hybridized carbons (Fsp3) is 0.143. The second-order valence-electron chi connectivity index (χ2n) is 3.89. The average molecular weight is 425 g/mol. The summed E-state index contributed by atoms with van der Waals surface area (Å²) in [6.45, 7) is 0. The third-order valence-corrected chi connectivity index (χ3v) is 5.05. The van der Waals surface area contributed by atoms with Crippen LogP contribution in [0.3, 0.4) is 0 Å². The molecule has 0 aliphatic heterocycles. The van der Waals surface area contributed by atoms with E-state index in [0.29, 0.717) is 15.8 Å². The number of benzene rings is 2. The van der Waals surface area contributed by atoms with Gasteiger partial charge in [-0.25, -0.2) is 0 Å². The van der Waals surface area contributed by atoms with Gasteiger partial charge in [-0.3, -0.25) is 0 Å². The molecule has 0 radical (unpaired) electrons. The number of rotatable bonds is 3. The van der Waals surface area contributed by atoms with E-state index in [-0.39, 0.29) is 4.83 Å². The fourth-order valence-electron chi connectivity index (χ4n) is 1.74. The third-order valence-electron chi connectivity index (χ3n) is 2.72. The minimum atomic E-state index is -0.0426. The highest BCUT2D eigenvalue weighted by Crippen LogP contribution is 2.41. The maximum atomic E-state index is 6.29. The number of halogens is 4. The Kier molecular flexibility index (Phi) is 5.18. The van der Waals surface area contributed by atoms with Crippen LogP contribution < -0.4 is 4.74 Å². The summed E-state index contributed by atoms with van der Waals surface area (Å²) in [4.78, 5) is -0.0426. The number of alkyl halides is 1. The third kappa shape index (κ3) is 3.27. The summed E-state index contributed by atoms with van der Waals surface area (Å²) in [5.74, 6) is 0.572. The normalized spacial score (nSPS) is 12.3. The van der Waals surface area contributed by atoms with Crippen molar-refractivity contribution < 1.29 is 4.74 Å².